The van der Waals surface area contributed by atoms with Crippen molar-refractivity contribution in [2.24, 2.45) is 0 Å². The molecular weight excluding hydrogens is 380 g/mol. The number of benzene rings is 2. The second-order valence-corrected chi connectivity index (χ2v) is 6.83. The number of rotatable bonds is 7. The molecule has 0 aliphatic rings. The first-order valence-corrected chi connectivity index (χ1v) is 9.36. The molecule has 0 radical (unpaired) electrons. The van der Waals surface area contributed by atoms with Crippen LogP contribution >= 0.6 is 11.3 Å². The second-order valence-electron chi connectivity index (χ2n) is 5.94. The van der Waals surface area contributed by atoms with Crippen LogP contribution in [0.15, 0.2) is 54.0 Å². The molecule has 3 rings (SSSR count). The minimum atomic E-state index is -0.868. The first-order valence-electron chi connectivity index (χ1n) is 8.48. The molecule has 1 atom stereocenters. The van der Waals surface area contributed by atoms with Gasteiger partial charge >= 0.3 is 11.9 Å². The number of carbonyl (C=O) groups is 3. The van der Waals surface area contributed by atoms with Gasteiger partial charge in [0.05, 0.1) is 28.4 Å². The molecule has 2 aromatic carbocycles. The number of fused-ring (bicyclic) bond motifs is 1. The third-order valence-corrected chi connectivity index (χ3v) is 4.80. The fourth-order valence-corrected chi connectivity index (χ4v) is 3.33. The maximum atomic E-state index is 12.2. The van der Waals surface area contributed by atoms with Crippen molar-refractivity contribution in [3.8, 4) is 0 Å². The van der Waals surface area contributed by atoms with Crippen LogP contribution in [0.25, 0.3) is 10.2 Å². The second kappa shape index (κ2) is 9.09. The Bertz CT molecular complexity index is 986. The van der Waals surface area contributed by atoms with E-state index in [1.165, 1.54) is 18.4 Å². The topological polar surface area (TPSA) is 94.6 Å². The molecule has 1 heterocycles. The van der Waals surface area contributed by atoms with Crippen molar-refractivity contribution in [2.75, 3.05) is 13.7 Å². The summed E-state index contributed by atoms with van der Waals surface area (Å²) in [4.78, 5) is 40.4. The van der Waals surface area contributed by atoms with Crippen molar-refractivity contribution in [3.05, 3.63) is 65.2 Å². The molecule has 8 heteroatoms. The Hall–Kier alpha value is -3.26. The van der Waals surface area contributed by atoms with Crippen LogP contribution in [0, 0.1) is 0 Å². The number of nitrogens with zero attached hydrogens (tertiary/aromatic N) is 1. The van der Waals surface area contributed by atoms with Crippen molar-refractivity contribution in [3.63, 3.8) is 0 Å². The molecule has 0 fully saturated rings. The number of methoxy groups -OCH3 is 1. The molecule has 1 N–H and O–H groups in total. The Labute approximate surface area is 165 Å². The minimum absolute atomic E-state index is 0.273. The molecular formula is C20H18N2O5S. The number of ether oxygens (including phenoxy) is 2. The van der Waals surface area contributed by atoms with E-state index in [2.05, 4.69) is 10.3 Å². The summed E-state index contributed by atoms with van der Waals surface area (Å²) >= 11 is 1.41. The maximum absolute atomic E-state index is 12.2. The fraction of sp³-hybridized carbons (Fsp3) is 0.200. The van der Waals surface area contributed by atoms with E-state index in [4.69, 9.17) is 9.47 Å². The molecule has 1 amide bonds. The lowest BCUT2D eigenvalue weighted by Crippen LogP contribution is -2.44. The van der Waals surface area contributed by atoms with Crippen molar-refractivity contribution >= 4 is 39.4 Å². The van der Waals surface area contributed by atoms with E-state index in [-0.39, 0.29) is 6.42 Å². The molecule has 0 saturated carbocycles. The van der Waals surface area contributed by atoms with Gasteiger partial charge in [-0.3, -0.25) is 4.79 Å². The van der Waals surface area contributed by atoms with E-state index in [9.17, 15) is 14.4 Å². The Kier molecular flexibility index (Phi) is 6.33. The number of nitrogens with one attached hydrogen (secondary N) is 1. The van der Waals surface area contributed by atoms with Crippen LogP contribution in [0.1, 0.15) is 15.9 Å². The Morgan fingerprint density at radius 1 is 1.14 bits per heavy atom. The molecule has 0 aliphatic heterocycles. The number of esters is 2. The third-order valence-electron chi connectivity index (χ3n) is 4.00. The highest BCUT2D eigenvalue weighted by Crippen LogP contribution is 2.19. The van der Waals surface area contributed by atoms with Gasteiger partial charge in [0, 0.05) is 6.42 Å². The standard InChI is InChI=1S/C20H18N2O5S/c1-26-20(25)16(9-13-5-3-2-4-6-13)22-18(23)11-27-19(24)14-7-8-15-17(10-14)28-12-21-15/h2-8,10,12,16H,9,11H2,1H3,(H,22,23)/t16-/m1/s1. The number of amides is 1. The van der Waals surface area contributed by atoms with Gasteiger partial charge in [0.1, 0.15) is 6.04 Å². The van der Waals surface area contributed by atoms with Gasteiger partial charge in [0.25, 0.3) is 5.91 Å². The van der Waals surface area contributed by atoms with Gasteiger partial charge < -0.3 is 14.8 Å². The SMILES string of the molecule is COC(=O)[C@@H](Cc1ccccc1)NC(=O)COC(=O)c1ccc2ncsc2c1. The van der Waals surface area contributed by atoms with Gasteiger partial charge in [0.15, 0.2) is 6.61 Å². The summed E-state index contributed by atoms with van der Waals surface area (Å²) in [5.74, 6) is -1.78. The van der Waals surface area contributed by atoms with Crippen LogP contribution in [0.5, 0.6) is 0 Å². The molecule has 1 aromatic heterocycles. The molecule has 0 spiro atoms. The molecule has 28 heavy (non-hydrogen) atoms. The van der Waals surface area contributed by atoms with E-state index >= 15 is 0 Å². The predicted octanol–water partition coefficient (Wildman–Crippen LogP) is 2.35. The summed E-state index contributed by atoms with van der Waals surface area (Å²) < 4.78 is 10.7. The highest BCUT2D eigenvalue weighted by atomic mass is 32.1. The fourth-order valence-electron chi connectivity index (χ4n) is 2.62. The number of aromatic nitrogens is 1. The molecule has 144 valence electrons. The minimum Gasteiger partial charge on any atom is -0.467 e. The highest BCUT2D eigenvalue weighted by Gasteiger charge is 2.22. The normalized spacial score (nSPS) is 11.6. The summed E-state index contributed by atoms with van der Waals surface area (Å²) in [6.45, 7) is -0.498. The summed E-state index contributed by atoms with van der Waals surface area (Å²) in [6, 6.07) is 13.3. The van der Waals surface area contributed by atoms with Crippen LogP contribution in [0.4, 0.5) is 0 Å². The molecule has 0 unspecified atom stereocenters. The molecule has 0 bridgehead atoms. The van der Waals surface area contributed by atoms with E-state index in [0.29, 0.717) is 5.56 Å². The summed E-state index contributed by atoms with van der Waals surface area (Å²) in [5.41, 5.74) is 3.68. The molecule has 0 aliphatic carbocycles. The zero-order valence-corrected chi connectivity index (χ0v) is 15.9. The van der Waals surface area contributed by atoms with Crippen LogP contribution in [-0.4, -0.2) is 42.6 Å². The van der Waals surface area contributed by atoms with Gasteiger partial charge in [-0.25, -0.2) is 14.6 Å². The van der Waals surface area contributed by atoms with E-state index in [1.54, 1.807) is 23.7 Å². The molecule has 7 nitrogen and oxygen atoms in total. The van der Waals surface area contributed by atoms with Gasteiger partial charge in [-0.2, -0.15) is 0 Å². The van der Waals surface area contributed by atoms with E-state index in [1.807, 2.05) is 30.3 Å². The van der Waals surface area contributed by atoms with E-state index < -0.39 is 30.5 Å². The lowest BCUT2D eigenvalue weighted by Gasteiger charge is -2.16. The average Bonchev–Trinajstić information content (AvgIpc) is 3.19. The first kappa shape index (κ1) is 19.5. The largest absolute Gasteiger partial charge is 0.467 e. The zero-order chi connectivity index (χ0) is 19.9. The van der Waals surface area contributed by atoms with Gasteiger partial charge in [-0.05, 0) is 23.8 Å². The highest BCUT2D eigenvalue weighted by molar-refractivity contribution is 7.16. The van der Waals surface area contributed by atoms with Crippen LogP contribution in [-0.2, 0) is 25.5 Å². The maximum Gasteiger partial charge on any atom is 0.338 e. The van der Waals surface area contributed by atoms with Crippen molar-refractivity contribution < 1.29 is 23.9 Å². The third kappa shape index (κ3) is 4.92. The number of hydrogen-bond donors (Lipinski definition) is 1. The van der Waals surface area contributed by atoms with Crippen molar-refractivity contribution in [1.82, 2.24) is 10.3 Å². The summed E-state index contributed by atoms with van der Waals surface area (Å²) in [7, 11) is 1.25. The monoisotopic (exact) mass is 398 g/mol. The Morgan fingerprint density at radius 2 is 1.93 bits per heavy atom. The van der Waals surface area contributed by atoms with E-state index in [0.717, 1.165) is 15.8 Å². The van der Waals surface area contributed by atoms with Crippen molar-refractivity contribution in [2.45, 2.75) is 12.5 Å². The van der Waals surface area contributed by atoms with Crippen LogP contribution in [0.2, 0.25) is 0 Å². The summed E-state index contributed by atoms with van der Waals surface area (Å²) in [6.07, 6.45) is 0.273. The molecule has 0 saturated heterocycles. The first-order chi connectivity index (χ1) is 13.6. The lowest BCUT2D eigenvalue weighted by atomic mass is 10.1. The average molecular weight is 398 g/mol. The van der Waals surface area contributed by atoms with Crippen LogP contribution in [0.3, 0.4) is 0 Å². The lowest BCUT2D eigenvalue weighted by molar-refractivity contribution is -0.145. The number of carbonyl (C=O) groups excluding carboxylic acids is 3. The van der Waals surface area contributed by atoms with Crippen molar-refractivity contribution in [1.29, 1.82) is 0 Å². The zero-order valence-electron chi connectivity index (χ0n) is 15.1. The van der Waals surface area contributed by atoms with Crippen LogP contribution < -0.4 is 5.32 Å². The van der Waals surface area contributed by atoms with Gasteiger partial charge in [-0.1, -0.05) is 30.3 Å². The van der Waals surface area contributed by atoms with Gasteiger partial charge in [-0.15, -0.1) is 11.3 Å². The number of thiazole rings is 1. The number of hydrogen-bond acceptors (Lipinski definition) is 7. The molecule has 3 aromatic rings. The Balaban J connectivity index is 1.57. The predicted molar refractivity (Wildman–Crippen MR) is 104 cm³/mol. The Morgan fingerprint density at radius 3 is 2.68 bits per heavy atom. The van der Waals surface area contributed by atoms with Gasteiger partial charge in [0.2, 0.25) is 0 Å². The smallest absolute Gasteiger partial charge is 0.338 e. The summed E-state index contributed by atoms with van der Waals surface area (Å²) in [5, 5.41) is 2.55. The quantitative estimate of drug-likeness (QED) is 0.614.